The highest BCUT2D eigenvalue weighted by molar-refractivity contribution is 5.97. The maximum atomic E-state index is 11.7. The SMILES string of the molecule is C=CCNC(=O)CN(C(C)=O)c1ccc(C)c(C)c1. The van der Waals surface area contributed by atoms with E-state index in [-0.39, 0.29) is 18.4 Å². The molecule has 0 radical (unpaired) electrons. The Morgan fingerprint density at radius 3 is 2.53 bits per heavy atom. The van der Waals surface area contributed by atoms with Crippen molar-refractivity contribution in [2.75, 3.05) is 18.0 Å². The molecular weight excluding hydrogens is 240 g/mol. The van der Waals surface area contributed by atoms with Crippen molar-refractivity contribution in [2.45, 2.75) is 20.8 Å². The molecule has 1 N–H and O–H groups in total. The highest BCUT2D eigenvalue weighted by Crippen LogP contribution is 2.18. The van der Waals surface area contributed by atoms with E-state index in [9.17, 15) is 9.59 Å². The van der Waals surface area contributed by atoms with Crippen LogP contribution in [0.25, 0.3) is 0 Å². The average Bonchev–Trinajstić information content (AvgIpc) is 2.36. The summed E-state index contributed by atoms with van der Waals surface area (Å²) in [4.78, 5) is 24.8. The van der Waals surface area contributed by atoms with Gasteiger partial charge in [0, 0.05) is 19.2 Å². The van der Waals surface area contributed by atoms with Crippen molar-refractivity contribution in [1.29, 1.82) is 0 Å². The number of nitrogens with zero attached hydrogens (tertiary/aromatic N) is 1. The number of nitrogens with one attached hydrogen (secondary N) is 1. The summed E-state index contributed by atoms with van der Waals surface area (Å²) in [7, 11) is 0. The Bertz CT molecular complexity index is 495. The smallest absolute Gasteiger partial charge is 0.240 e. The second-order valence-corrected chi connectivity index (χ2v) is 4.47. The van der Waals surface area contributed by atoms with Crippen LogP contribution in [0.4, 0.5) is 5.69 Å². The summed E-state index contributed by atoms with van der Waals surface area (Å²) in [6, 6.07) is 5.71. The minimum atomic E-state index is -0.201. The minimum Gasteiger partial charge on any atom is -0.351 e. The summed E-state index contributed by atoms with van der Waals surface area (Å²) in [5, 5.41) is 2.66. The Labute approximate surface area is 114 Å². The predicted octanol–water partition coefficient (Wildman–Crippen LogP) is 1.96. The van der Waals surface area contributed by atoms with Gasteiger partial charge in [-0.2, -0.15) is 0 Å². The average molecular weight is 260 g/mol. The summed E-state index contributed by atoms with van der Waals surface area (Å²) in [5.41, 5.74) is 2.99. The van der Waals surface area contributed by atoms with E-state index in [0.29, 0.717) is 6.54 Å². The van der Waals surface area contributed by atoms with Crippen LogP contribution < -0.4 is 10.2 Å². The van der Waals surface area contributed by atoms with Crippen LogP contribution in [0, 0.1) is 13.8 Å². The Balaban J connectivity index is 2.88. The molecule has 4 nitrogen and oxygen atoms in total. The molecule has 0 unspecified atom stereocenters. The van der Waals surface area contributed by atoms with E-state index in [1.807, 2.05) is 32.0 Å². The summed E-state index contributed by atoms with van der Waals surface area (Å²) in [6.45, 7) is 9.39. The van der Waals surface area contributed by atoms with Gasteiger partial charge < -0.3 is 10.2 Å². The molecule has 0 aliphatic rings. The molecule has 1 aromatic carbocycles. The first kappa shape index (κ1) is 15.0. The maximum absolute atomic E-state index is 11.7. The minimum absolute atomic E-state index is 0.0195. The first-order valence-electron chi connectivity index (χ1n) is 6.18. The van der Waals surface area contributed by atoms with Gasteiger partial charge in [-0.25, -0.2) is 0 Å². The van der Waals surface area contributed by atoms with E-state index in [4.69, 9.17) is 0 Å². The zero-order valence-electron chi connectivity index (χ0n) is 11.7. The molecule has 4 heteroatoms. The number of rotatable bonds is 5. The lowest BCUT2D eigenvalue weighted by Crippen LogP contribution is -2.39. The van der Waals surface area contributed by atoms with Gasteiger partial charge in [-0.3, -0.25) is 9.59 Å². The molecule has 0 spiro atoms. The van der Waals surface area contributed by atoms with Crippen LogP contribution in [0.1, 0.15) is 18.1 Å². The molecule has 0 aliphatic carbocycles. The van der Waals surface area contributed by atoms with Crippen molar-refractivity contribution in [3.63, 3.8) is 0 Å². The van der Waals surface area contributed by atoms with Gasteiger partial charge in [0.15, 0.2) is 0 Å². The molecule has 0 bridgehead atoms. The van der Waals surface area contributed by atoms with E-state index in [1.165, 1.54) is 11.8 Å². The molecule has 0 heterocycles. The van der Waals surface area contributed by atoms with Gasteiger partial charge in [-0.05, 0) is 37.1 Å². The van der Waals surface area contributed by atoms with Gasteiger partial charge in [-0.15, -0.1) is 6.58 Å². The van der Waals surface area contributed by atoms with Gasteiger partial charge in [0.2, 0.25) is 11.8 Å². The number of carbonyl (C=O) groups excluding carboxylic acids is 2. The molecule has 0 atom stereocenters. The summed E-state index contributed by atoms with van der Waals surface area (Å²) < 4.78 is 0. The van der Waals surface area contributed by atoms with Crippen molar-refractivity contribution in [3.8, 4) is 0 Å². The van der Waals surface area contributed by atoms with Gasteiger partial charge in [-0.1, -0.05) is 12.1 Å². The van der Waals surface area contributed by atoms with Crippen LogP contribution in [0.15, 0.2) is 30.9 Å². The molecule has 2 amide bonds. The van der Waals surface area contributed by atoms with Gasteiger partial charge >= 0.3 is 0 Å². The number of benzene rings is 1. The number of hydrogen-bond acceptors (Lipinski definition) is 2. The highest BCUT2D eigenvalue weighted by Gasteiger charge is 2.15. The Morgan fingerprint density at radius 2 is 2.00 bits per heavy atom. The molecule has 0 saturated heterocycles. The Kier molecular flexibility index (Phi) is 5.30. The van der Waals surface area contributed by atoms with Crippen molar-refractivity contribution in [3.05, 3.63) is 42.0 Å². The standard InChI is InChI=1S/C15H20N2O2/c1-5-8-16-15(19)10-17(13(4)18)14-7-6-11(2)12(3)9-14/h5-7,9H,1,8,10H2,2-4H3,(H,16,19). The van der Waals surface area contributed by atoms with E-state index in [1.54, 1.807) is 6.08 Å². The molecule has 102 valence electrons. The van der Waals surface area contributed by atoms with E-state index in [0.717, 1.165) is 16.8 Å². The topological polar surface area (TPSA) is 49.4 Å². The van der Waals surface area contributed by atoms with E-state index < -0.39 is 0 Å². The quantitative estimate of drug-likeness (QED) is 0.823. The van der Waals surface area contributed by atoms with Crippen molar-refractivity contribution < 1.29 is 9.59 Å². The fraction of sp³-hybridized carbons (Fsp3) is 0.333. The third-order valence-electron chi connectivity index (χ3n) is 2.93. The monoisotopic (exact) mass is 260 g/mol. The zero-order valence-corrected chi connectivity index (χ0v) is 11.7. The Morgan fingerprint density at radius 1 is 1.32 bits per heavy atom. The van der Waals surface area contributed by atoms with E-state index >= 15 is 0 Å². The van der Waals surface area contributed by atoms with Crippen molar-refractivity contribution in [2.24, 2.45) is 0 Å². The van der Waals surface area contributed by atoms with Crippen LogP contribution in [0.5, 0.6) is 0 Å². The molecular formula is C15H20N2O2. The predicted molar refractivity (Wildman–Crippen MR) is 77.1 cm³/mol. The third-order valence-corrected chi connectivity index (χ3v) is 2.93. The Hall–Kier alpha value is -2.10. The van der Waals surface area contributed by atoms with Crippen LogP contribution in [0.3, 0.4) is 0 Å². The molecule has 1 aromatic rings. The normalized spacial score (nSPS) is 9.84. The second-order valence-electron chi connectivity index (χ2n) is 4.47. The third kappa shape index (κ3) is 4.25. The lowest BCUT2D eigenvalue weighted by atomic mass is 10.1. The number of anilines is 1. The largest absolute Gasteiger partial charge is 0.351 e. The van der Waals surface area contributed by atoms with Gasteiger partial charge in [0.1, 0.15) is 6.54 Å². The van der Waals surface area contributed by atoms with Crippen molar-refractivity contribution >= 4 is 17.5 Å². The van der Waals surface area contributed by atoms with Gasteiger partial charge in [0.05, 0.1) is 0 Å². The van der Waals surface area contributed by atoms with Crippen LogP contribution in [-0.4, -0.2) is 24.9 Å². The summed E-state index contributed by atoms with van der Waals surface area (Å²) in [6.07, 6.45) is 1.60. The molecule has 0 saturated carbocycles. The first-order chi connectivity index (χ1) is 8.95. The number of aryl methyl sites for hydroxylation is 2. The fourth-order valence-corrected chi connectivity index (χ4v) is 1.66. The number of carbonyl (C=O) groups is 2. The summed E-state index contributed by atoms with van der Waals surface area (Å²) >= 11 is 0. The van der Waals surface area contributed by atoms with E-state index in [2.05, 4.69) is 11.9 Å². The second kappa shape index (κ2) is 6.73. The zero-order chi connectivity index (χ0) is 14.4. The number of amides is 2. The molecule has 0 aliphatic heterocycles. The van der Waals surface area contributed by atoms with Gasteiger partial charge in [0.25, 0.3) is 0 Å². The lowest BCUT2D eigenvalue weighted by molar-refractivity contribution is -0.122. The molecule has 0 aromatic heterocycles. The maximum Gasteiger partial charge on any atom is 0.240 e. The van der Waals surface area contributed by atoms with Crippen LogP contribution >= 0.6 is 0 Å². The van der Waals surface area contributed by atoms with Crippen LogP contribution in [-0.2, 0) is 9.59 Å². The summed E-state index contributed by atoms with van der Waals surface area (Å²) in [5.74, 6) is -0.356. The van der Waals surface area contributed by atoms with Crippen LogP contribution in [0.2, 0.25) is 0 Å². The number of hydrogen-bond donors (Lipinski definition) is 1. The highest BCUT2D eigenvalue weighted by atomic mass is 16.2. The lowest BCUT2D eigenvalue weighted by Gasteiger charge is -2.21. The molecule has 19 heavy (non-hydrogen) atoms. The first-order valence-corrected chi connectivity index (χ1v) is 6.18. The fourth-order valence-electron chi connectivity index (χ4n) is 1.66. The van der Waals surface area contributed by atoms with Crippen molar-refractivity contribution in [1.82, 2.24) is 5.32 Å². The molecule has 1 rings (SSSR count). The molecule has 0 fully saturated rings.